The molecular weight excluding hydrogens is 536 g/mol. The molecule has 4 rings (SSSR count). The lowest BCUT2D eigenvalue weighted by Gasteiger charge is -2.25. The first kappa shape index (κ1) is 29.1. The number of anilines is 1. The standard InChI is InChI=1S/C25H32N4O5S2.ClH/c1-5-27(6-2)13-14-29(25-26-20-15-21-22(34-17-33-21)16-23(20)35-25)24(30)18-9-11-19(12-10-18)36(31,32)28(7-3)8-4;/h9-12,15-16H,5-8,13-14,17H2,1-4H3;1H. The van der Waals surface area contributed by atoms with Gasteiger partial charge in [0.1, 0.15) is 0 Å². The van der Waals surface area contributed by atoms with Gasteiger partial charge < -0.3 is 14.4 Å². The summed E-state index contributed by atoms with van der Waals surface area (Å²) >= 11 is 1.42. The van der Waals surface area contributed by atoms with Crippen molar-refractivity contribution in [3.05, 3.63) is 42.0 Å². The van der Waals surface area contributed by atoms with Crippen LogP contribution in [0.3, 0.4) is 0 Å². The maximum Gasteiger partial charge on any atom is 0.260 e. The van der Waals surface area contributed by atoms with E-state index in [0.29, 0.717) is 48.4 Å². The Hall–Kier alpha value is -2.44. The number of carbonyl (C=O) groups excluding carboxylic acids is 1. The number of rotatable bonds is 11. The SMILES string of the molecule is CCN(CC)CCN(C(=O)c1ccc(S(=O)(=O)N(CC)CC)cc1)c1nc2cc3c(cc2s1)OCO3.Cl. The van der Waals surface area contributed by atoms with Crippen molar-refractivity contribution < 1.29 is 22.7 Å². The lowest BCUT2D eigenvalue weighted by atomic mass is 10.2. The van der Waals surface area contributed by atoms with Crippen LogP contribution < -0.4 is 14.4 Å². The molecule has 3 aromatic rings. The average Bonchev–Trinajstić information content (AvgIpc) is 3.51. The smallest absolute Gasteiger partial charge is 0.260 e. The zero-order valence-electron chi connectivity index (χ0n) is 21.5. The van der Waals surface area contributed by atoms with E-state index < -0.39 is 10.0 Å². The van der Waals surface area contributed by atoms with Gasteiger partial charge in [0.2, 0.25) is 16.8 Å². The minimum atomic E-state index is -3.60. The molecule has 0 bridgehead atoms. The molecule has 1 amide bonds. The highest BCUT2D eigenvalue weighted by Gasteiger charge is 2.26. The van der Waals surface area contributed by atoms with Crippen LogP contribution in [0.4, 0.5) is 5.13 Å². The number of hydrogen-bond donors (Lipinski definition) is 0. The maximum absolute atomic E-state index is 13.7. The third-order valence-electron chi connectivity index (χ3n) is 6.33. The van der Waals surface area contributed by atoms with Crippen molar-refractivity contribution in [3.8, 4) is 11.5 Å². The van der Waals surface area contributed by atoms with E-state index in [0.717, 1.165) is 23.3 Å². The van der Waals surface area contributed by atoms with Crippen molar-refractivity contribution >= 4 is 55.0 Å². The highest BCUT2D eigenvalue weighted by molar-refractivity contribution is 7.89. The monoisotopic (exact) mass is 568 g/mol. The van der Waals surface area contributed by atoms with Gasteiger partial charge in [-0.2, -0.15) is 4.31 Å². The lowest BCUT2D eigenvalue weighted by molar-refractivity contribution is 0.0983. The van der Waals surface area contributed by atoms with Gasteiger partial charge in [0.15, 0.2) is 16.6 Å². The number of fused-ring (bicyclic) bond motifs is 2. The first-order valence-electron chi connectivity index (χ1n) is 12.2. The molecule has 2 aromatic carbocycles. The number of benzene rings is 2. The summed E-state index contributed by atoms with van der Waals surface area (Å²) in [7, 11) is -3.60. The van der Waals surface area contributed by atoms with Gasteiger partial charge in [-0.15, -0.1) is 12.4 Å². The molecule has 2 heterocycles. The fourth-order valence-electron chi connectivity index (χ4n) is 4.12. The number of likely N-dealkylation sites (N-methyl/N-ethyl adjacent to an activating group) is 1. The van der Waals surface area contributed by atoms with Crippen LogP contribution in [0.2, 0.25) is 0 Å². The largest absolute Gasteiger partial charge is 0.454 e. The van der Waals surface area contributed by atoms with E-state index >= 15 is 0 Å². The molecule has 1 aliphatic heterocycles. The van der Waals surface area contributed by atoms with Crippen molar-refractivity contribution in [2.45, 2.75) is 32.6 Å². The Morgan fingerprint density at radius 1 is 0.946 bits per heavy atom. The minimum Gasteiger partial charge on any atom is -0.454 e. The molecule has 37 heavy (non-hydrogen) atoms. The second kappa shape index (κ2) is 12.4. The van der Waals surface area contributed by atoms with Crippen LogP contribution in [0, 0.1) is 0 Å². The number of carbonyl (C=O) groups is 1. The van der Waals surface area contributed by atoms with Crippen LogP contribution in [-0.2, 0) is 10.0 Å². The Morgan fingerprint density at radius 3 is 2.16 bits per heavy atom. The molecule has 0 radical (unpaired) electrons. The van der Waals surface area contributed by atoms with E-state index in [1.54, 1.807) is 30.9 Å². The van der Waals surface area contributed by atoms with E-state index in [1.807, 2.05) is 12.1 Å². The molecule has 0 fully saturated rings. The van der Waals surface area contributed by atoms with Gasteiger partial charge in [-0.3, -0.25) is 9.69 Å². The molecule has 12 heteroatoms. The van der Waals surface area contributed by atoms with E-state index in [1.165, 1.54) is 27.8 Å². The fourth-order valence-corrected chi connectivity index (χ4v) is 6.58. The topological polar surface area (TPSA) is 92.3 Å². The molecule has 0 unspecified atom stereocenters. The molecule has 0 saturated carbocycles. The summed E-state index contributed by atoms with van der Waals surface area (Å²) in [4.78, 5) is 22.5. The summed E-state index contributed by atoms with van der Waals surface area (Å²) in [5, 5.41) is 0.575. The molecule has 0 N–H and O–H groups in total. The number of nitrogens with zero attached hydrogens (tertiary/aromatic N) is 4. The highest BCUT2D eigenvalue weighted by atomic mass is 35.5. The highest BCUT2D eigenvalue weighted by Crippen LogP contribution is 2.40. The van der Waals surface area contributed by atoms with Crippen LogP contribution in [-0.4, -0.2) is 74.6 Å². The third-order valence-corrected chi connectivity index (χ3v) is 9.43. The van der Waals surface area contributed by atoms with E-state index in [4.69, 9.17) is 14.5 Å². The van der Waals surface area contributed by atoms with Crippen molar-refractivity contribution in [1.29, 1.82) is 0 Å². The van der Waals surface area contributed by atoms with Crippen molar-refractivity contribution in [3.63, 3.8) is 0 Å². The van der Waals surface area contributed by atoms with Crippen LogP contribution in [0.1, 0.15) is 38.1 Å². The second-order valence-electron chi connectivity index (χ2n) is 8.27. The van der Waals surface area contributed by atoms with Crippen molar-refractivity contribution in [2.24, 2.45) is 0 Å². The normalized spacial score (nSPS) is 12.8. The Bertz CT molecular complexity index is 1280. The van der Waals surface area contributed by atoms with Gasteiger partial charge in [0, 0.05) is 43.9 Å². The Kier molecular flexibility index (Phi) is 9.76. The molecule has 1 aliphatic rings. The summed E-state index contributed by atoms with van der Waals surface area (Å²) in [6.45, 7) is 11.6. The summed E-state index contributed by atoms with van der Waals surface area (Å²) < 4.78 is 39.0. The van der Waals surface area contributed by atoms with Gasteiger partial charge in [-0.25, -0.2) is 13.4 Å². The van der Waals surface area contributed by atoms with Crippen LogP contribution in [0.5, 0.6) is 11.5 Å². The predicted molar refractivity (Wildman–Crippen MR) is 149 cm³/mol. The van der Waals surface area contributed by atoms with Gasteiger partial charge in [-0.1, -0.05) is 39.0 Å². The molecule has 0 aliphatic carbocycles. The number of sulfonamides is 1. The number of aromatic nitrogens is 1. The molecule has 0 saturated heterocycles. The number of halogens is 1. The van der Waals surface area contributed by atoms with Crippen LogP contribution >= 0.6 is 23.7 Å². The molecule has 0 atom stereocenters. The van der Waals surface area contributed by atoms with Gasteiger partial charge in [-0.05, 0) is 37.4 Å². The summed E-state index contributed by atoms with van der Waals surface area (Å²) in [5.41, 5.74) is 1.14. The molecule has 9 nitrogen and oxygen atoms in total. The first-order chi connectivity index (χ1) is 17.3. The molecule has 1 aromatic heterocycles. The summed E-state index contributed by atoms with van der Waals surface area (Å²) in [5.74, 6) is 1.09. The Balaban J connectivity index is 0.00000380. The molecule has 0 spiro atoms. The minimum absolute atomic E-state index is 0. The quantitative estimate of drug-likeness (QED) is 0.337. The number of thiazole rings is 1. The van der Waals surface area contributed by atoms with Crippen molar-refractivity contribution in [2.75, 3.05) is 51.0 Å². The van der Waals surface area contributed by atoms with Crippen LogP contribution in [0.15, 0.2) is 41.3 Å². The molecule has 202 valence electrons. The van der Waals surface area contributed by atoms with Gasteiger partial charge in [0.25, 0.3) is 5.91 Å². The summed E-state index contributed by atoms with van der Waals surface area (Å²) in [6.07, 6.45) is 0. The van der Waals surface area contributed by atoms with Gasteiger partial charge in [0.05, 0.1) is 15.1 Å². The zero-order chi connectivity index (χ0) is 25.9. The zero-order valence-corrected chi connectivity index (χ0v) is 23.9. The molecular formula is C25H33ClN4O5S2. The lowest BCUT2D eigenvalue weighted by Crippen LogP contribution is -2.39. The van der Waals surface area contributed by atoms with Gasteiger partial charge >= 0.3 is 0 Å². The number of amides is 1. The van der Waals surface area contributed by atoms with E-state index in [2.05, 4.69) is 18.7 Å². The maximum atomic E-state index is 13.7. The predicted octanol–water partition coefficient (Wildman–Crippen LogP) is 4.47. The Morgan fingerprint density at radius 2 is 1.57 bits per heavy atom. The summed E-state index contributed by atoms with van der Waals surface area (Å²) in [6, 6.07) is 9.87. The third kappa shape index (κ3) is 6.01. The van der Waals surface area contributed by atoms with Crippen molar-refractivity contribution in [1.82, 2.24) is 14.2 Å². The van der Waals surface area contributed by atoms with E-state index in [9.17, 15) is 13.2 Å². The average molecular weight is 569 g/mol. The second-order valence-corrected chi connectivity index (χ2v) is 11.2. The van der Waals surface area contributed by atoms with Crippen LogP contribution in [0.25, 0.3) is 10.2 Å². The fraction of sp³-hybridized carbons (Fsp3) is 0.440. The first-order valence-corrected chi connectivity index (χ1v) is 14.4. The number of ether oxygens (including phenoxy) is 2. The van der Waals surface area contributed by atoms with E-state index in [-0.39, 0.29) is 30.0 Å². The number of hydrogen-bond acceptors (Lipinski definition) is 8. The Labute approximate surface area is 228 Å².